The molecule has 0 aliphatic carbocycles. The largest absolute Gasteiger partial charge is 0.383 e. The van der Waals surface area contributed by atoms with Crippen molar-refractivity contribution < 1.29 is 9.53 Å². The van der Waals surface area contributed by atoms with Crippen molar-refractivity contribution in [2.45, 2.75) is 25.4 Å². The van der Waals surface area contributed by atoms with E-state index in [1.54, 1.807) is 12.5 Å². The van der Waals surface area contributed by atoms with Crippen molar-refractivity contribution in [1.82, 2.24) is 15.2 Å². The molecule has 2 heterocycles. The summed E-state index contributed by atoms with van der Waals surface area (Å²) in [7, 11) is 1.72. The van der Waals surface area contributed by atoms with E-state index < -0.39 is 0 Å². The maximum absolute atomic E-state index is 12.1. The molecular formula is C13H22N4O2S. The van der Waals surface area contributed by atoms with E-state index in [4.69, 9.17) is 10.5 Å². The van der Waals surface area contributed by atoms with Gasteiger partial charge in [0.15, 0.2) is 0 Å². The summed E-state index contributed by atoms with van der Waals surface area (Å²) in [5.41, 5.74) is 5.99. The number of carbonyl (C=O) groups is 1. The molecule has 0 saturated carbocycles. The second kappa shape index (κ2) is 7.68. The van der Waals surface area contributed by atoms with E-state index in [2.05, 4.69) is 15.2 Å². The summed E-state index contributed by atoms with van der Waals surface area (Å²) in [4.78, 5) is 18.6. The number of piperidine rings is 1. The standard InChI is InChI=1S/C13H22N4O2S/c1-19-7-6-17-4-2-10(3-5-17)15-13(18)11-9-20-12(8-14)16-11/h9-10H,2-8,14H2,1H3,(H,15,18). The minimum absolute atomic E-state index is 0.0868. The van der Waals surface area contributed by atoms with E-state index >= 15 is 0 Å². The first-order chi connectivity index (χ1) is 9.72. The van der Waals surface area contributed by atoms with Gasteiger partial charge in [-0.1, -0.05) is 0 Å². The summed E-state index contributed by atoms with van der Waals surface area (Å²) in [5, 5.41) is 5.62. The lowest BCUT2D eigenvalue weighted by atomic mass is 10.0. The molecule has 7 heteroatoms. The van der Waals surface area contributed by atoms with Gasteiger partial charge in [0, 0.05) is 44.7 Å². The fourth-order valence-electron chi connectivity index (χ4n) is 2.29. The van der Waals surface area contributed by atoms with Crippen LogP contribution >= 0.6 is 11.3 Å². The van der Waals surface area contributed by atoms with Gasteiger partial charge in [-0.05, 0) is 12.8 Å². The molecule has 0 spiro atoms. The Morgan fingerprint density at radius 3 is 2.95 bits per heavy atom. The van der Waals surface area contributed by atoms with Gasteiger partial charge in [-0.3, -0.25) is 4.79 Å². The number of rotatable bonds is 6. The molecule has 1 saturated heterocycles. The van der Waals surface area contributed by atoms with E-state index in [1.807, 2.05) is 0 Å². The molecule has 0 radical (unpaired) electrons. The Morgan fingerprint density at radius 1 is 1.60 bits per heavy atom. The van der Waals surface area contributed by atoms with Gasteiger partial charge in [-0.2, -0.15) is 0 Å². The van der Waals surface area contributed by atoms with Crippen molar-refractivity contribution in [2.24, 2.45) is 5.73 Å². The van der Waals surface area contributed by atoms with Gasteiger partial charge in [-0.25, -0.2) is 4.98 Å². The number of carbonyl (C=O) groups excluding carboxylic acids is 1. The number of hydrogen-bond acceptors (Lipinski definition) is 6. The van der Waals surface area contributed by atoms with Crippen LogP contribution in [0.15, 0.2) is 5.38 Å². The first-order valence-corrected chi connectivity index (χ1v) is 7.77. The summed E-state index contributed by atoms with van der Waals surface area (Å²) in [6.07, 6.45) is 1.95. The Kier molecular flexibility index (Phi) is 5.90. The Hall–Kier alpha value is -1.02. The van der Waals surface area contributed by atoms with Gasteiger partial charge in [0.2, 0.25) is 0 Å². The third-order valence-corrected chi connectivity index (χ3v) is 4.36. The number of hydrogen-bond donors (Lipinski definition) is 2. The third kappa shape index (κ3) is 4.24. The summed E-state index contributed by atoms with van der Waals surface area (Å²) >= 11 is 1.43. The van der Waals surface area contributed by atoms with Crippen LogP contribution in [0.3, 0.4) is 0 Å². The normalized spacial score (nSPS) is 17.3. The van der Waals surface area contributed by atoms with Crippen LogP contribution in [0.2, 0.25) is 0 Å². The molecule has 0 atom stereocenters. The Morgan fingerprint density at radius 2 is 2.35 bits per heavy atom. The van der Waals surface area contributed by atoms with E-state index in [0.29, 0.717) is 12.2 Å². The second-order valence-corrected chi connectivity index (χ2v) is 5.86. The minimum Gasteiger partial charge on any atom is -0.383 e. The SMILES string of the molecule is COCCN1CCC(NC(=O)c2csc(CN)n2)CC1. The molecule has 1 amide bonds. The fraction of sp³-hybridized carbons (Fsp3) is 0.692. The van der Waals surface area contributed by atoms with Crippen LogP contribution in [-0.4, -0.2) is 55.2 Å². The highest BCUT2D eigenvalue weighted by Gasteiger charge is 2.21. The molecule has 112 valence electrons. The minimum atomic E-state index is -0.0868. The van der Waals surface area contributed by atoms with E-state index in [9.17, 15) is 4.79 Å². The van der Waals surface area contributed by atoms with Crippen LogP contribution in [0.5, 0.6) is 0 Å². The molecule has 20 heavy (non-hydrogen) atoms. The summed E-state index contributed by atoms with van der Waals surface area (Å²) in [5.74, 6) is -0.0868. The van der Waals surface area contributed by atoms with Crippen LogP contribution in [0, 0.1) is 0 Å². The van der Waals surface area contributed by atoms with Crippen molar-refractivity contribution >= 4 is 17.2 Å². The van der Waals surface area contributed by atoms with Crippen molar-refractivity contribution in [1.29, 1.82) is 0 Å². The highest BCUT2D eigenvalue weighted by molar-refractivity contribution is 7.09. The number of nitrogens with zero attached hydrogens (tertiary/aromatic N) is 2. The molecule has 1 fully saturated rings. The monoisotopic (exact) mass is 298 g/mol. The lowest BCUT2D eigenvalue weighted by molar-refractivity contribution is 0.0888. The zero-order valence-corrected chi connectivity index (χ0v) is 12.6. The molecule has 1 aromatic heterocycles. The number of ether oxygens (including phenoxy) is 1. The zero-order chi connectivity index (χ0) is 14.4. The lowest BCUT2D eigenvalue weighted by Crippen LogP contribution is -2.45. The lowest BCUT2D eigenvalue weighted by Gasteiger charge is -2.31. The van der Waals surface area contributed by atoms with Crippen LogP contribution in [0.25, 0.3) is 0 Å². The molecular weight excluding hydrogens is 276 g/mol. The Balaban J connectivity index is 1.76. The number of aromatic nitrogens is 1. The molecule has 6 nitrogen and oxygen atoms in total. The fourth-order valence-corrected chi connectivity index (χ4v) is 2.94. The van der Waals surface area contributed by atoms with Crippen LogP contribution in [0.1, 0.15) is 28.3 Å². The zero-order valence-electron chi connectivity index (χ0n) is 11.8. The van der Waals surface area contributed by atoms with Gasteiger partial charge >= 0.3 is 0 Å². The van der Waals surface area contributed by atoms with Crippen LogP contribution in [-0.2, 0) is 11.3 Å². The number of likely N-dealkylation sites (tertiary alicyclic amines) is 1. The van der Waals surface area contributed by atoms with E-state index in [1.165, 1.54) is 11.3 Å². The molecule has 0 unspecified atom stereocenters. The predicted octanol–water partition coefficient (Wildman–Crippen LogP) is 0.442. The van der Waals surface area contributed by atoms with Gasteiger partial charge in [-0.15, -0.1) is 11.3 Å². The number of nitrogens with two attached hydrogens (primary N) is 1. The molecule has 0 aromatic carbocycles. The highest BCUT2D eigenvalue weighted by Crippen LogP contribution is 2.12. The Bertz CT molecular complexity index is 430. The quantitative estimate of drug-likeness (QED) is 0.796. The van der Waals surface area contributed by atoms with Crippen molar-refractivity contribution in [3.8, 4) is 0 Å². The van der Waals surface area contributed by atoms with E-state index in [0.717, 1.165) is 44.1 Å². The van der Waals surface area contributed by atoms with Gasteiger partial charge < -0.3 is 20.7 Å². The van der Waals surface area contributed by atoms with Crippen molar-refractivity contribution in [2.75, 3.05) is 33.4 Å². The highest BCUT2D eigenvalue weighted by atomic mass is 32.1. The average molecular weight is 298 g/mol. The maximum Gasteiger partial charge on any atom is 0.270 e. The van der Waals surface area contributed by atoms with E-state index in [-0.39, 0.29) is 11.9 Å². The maximum atomic E-state index is 12.1. The molecule has 3 N–H and O–H groups in total. The second-order valence-electron chi connectivity index (χ2n) is 4.91. The average Bonchev–Trinajstić information content (AvgIpc) is 2.95. The van der Waals surface area contributed by atoms with Crippen LogP contribution in [0.4, 0.5) is 0 Å². The topological polar surface area (TPSA) is 80.5 Å². The first-order valence-electron chi connectivity index (χ1n) is 6.89. The molecule has 1 aliphatic heterocycles. The van der Waals surface area contributed by atoms with Gasteiger partial charge in [0.1, 0.15) is 10.7 Å². The third-order valence-electron chi connectivity index (χ3n) is 3.49. The number of methoxy groups -OCH3 is 1. The predicted molar refractivity (Wildman–Crippen MR) is 78.8 cm³/mol. The van der Waals surface area contributed by atoms with Crippen molar-refractivity contribution in [3.05, 3.63) is 16.1 Å². The smallest absolute Gasteiger partial charge is 0.270 e. The number of thiazole rings is 1. The molecule has 2 rings (SSSR count). The molecule has 1 aromatic rings. The first kappa shape index (κ1) is 15.4. The van der Waals surface area contributed by atoms with Crippen molar-refractivity contribution in [3.63, 3.8) is 0 Å². The summed E-state index contributed by atoms with van der Waals surface area (Å²) in [6, 6.07) is 0.240. The van der Waals surface area contributed by atoms with Gasteiger partial charge in [0.25, 0.3) is 5.91 Å². The summed E-state index contributed by atoms with van der Waals surface area (Å²) < 4.78 is 5.08. The van der Waals surface area contributed by atoms with Gasteiger partial charge in [0.05, 0.1) is 6.61 Å². The molecule has 0 bridgehead atoms. The Labute approximate surface area is 123 Å². The molecule has 1 aliphatic rings. The number of nitrogens with one attached hydrogen (secondary N) is 1. The summed E-state index contributed by atoms with van der Waals surface area (Å²) in [6.45, 7) is 4.11. The number of amides is 1. The van der Waals surface area contributed by atoms with Crippen LogP contribution < -0.4 is 11.1 Å².